The number of carbonyl (C=O) groups excluding carboxylic acids is 3. The van der Waals surface area contributed by atoms with Crippen molar-refractivity contribution in [3.05, 3.63) is 68.8 Å². The molecule has 2 N–H and O–H groups in total. The zero-order valence-electron chi connectivity index (χ0n) is 24.2. The lowest BCUT2D eigenvalue weighted by Crippen LogP contribution is -2.09. The fourth-order valence-electron chi connectivity index (χ4n) is 6.21. The number of Topliss-reactive ketones (excluding diaryl/α,β-unsaturated/α-hetero) is 2. The van der Waals surface area contributed by atoms with Crippen molar-refractivity contribution in [3.63, 3.8) is 0 Å². The number of hydrogen-bond acceptors (Lipinski definition) is 6. The first kappa shape index (κ1) is 27.5. The highest BCUT2D eigenvalue weighted by molar-refractivity contribution is 6.13. The monoisotopic (exact) mass is 540 g/mol. The second-order valence-electron chi connectivity index (χ2n) is 11.0. The summed E-state index contributed by atoms with van der Waals surface area (Å²) in [6.45, 7) is 11.6. The molecule has 5 rings (SSSR count). The van der Waals surface area contributed by atoms with Gasteiger partial charge in [-0.05, 0) is 69.9 Å². The molecule has 6 bridgehead atoms. The Morgan fingerprint density at radius 2 is 1.75 bits per heavy atom. The molecular formula is C32H36N4O4. The van der Waals surface area contributed by atoms with Crippen molar-refractivity contribution in [3.8, 4) is 0 Å². The molecule has 1 aliphatic carbocycles. The number of ketones is 2. The molecule has 0 radical (unpaired) electrons. The molecule has 2 aliphatic rings. The smallest absolute Gasteiger partial charge is 0.305 e. The number of H-pyrrole nitrogens is 2. The Labute approximate surface area is 233 Å². The first-order valence-electron chi connectivity index (χ1n) is 13.9. The predicted octanol–water partition coefficient (Wildman–Crippen LogP) is 6.27. The van der Waals surface area contributed by atoms with Crippen LogP contribution in [0.3, 0.4) is 0 Å². The van der Waals surface area contributed by atoms with Crippen LogP contribution in [0.5, 0.6) is 0 Å². The molecule has 1 aliphatic heterocycles. The van der Waals surface area contributed by atoms with Gasteiger partial charge in [-0.15, -0.1) is 0 Å². The van der Waals surface area contributed by atoms with Gasteiger partial charge in [0.1, 0.15) is 0 Å². The van der Waals surface area contributed by atoms with Gasteiger partial charge in [0, 0.05) is 69.5 Å². The number of aromatic nitrogens is 4. The van der Waals surface area contributed by atoms with E-state index in [4.69, 9.17) is 14.7 Å². The van der Waals surface area contributed by atoms with Crippen molar-refractivity contribution in [1.29, 1.82) is 0 Å². The number of fused-ring (bicyclic) bond motifs is 6. The third-order valence-corrected chi connectivity index (χ3v) is 8.38. The lowest BCUT2D eigenvalue weighted by Gasteiger charge is -2.16. The summed E-state index contributed by atoms with van der Waals surface area (Å²) in [6.07, 6.45) is 1.76. The Morgan fingerprint density at radius 1 is 1.02 bits per heavy atom. The van der Waals surface area contributed by atoms with E-state index in [1.807, 2.05) is 45.9 Å². The fraction of sp³-hybridized carbons (Fsp3) is 0.406. The molecule has 0 aromatic carbocycles. The average molecular weight is 541 g/mol. The summed E-state index contributed by atoms with van der Waals surface area (Å²) in [5.41, 5.74) is 10.5. The molecule has 3 aromatic rings. The Morgan fingerprint density at radius 3 is 2.42 bits per heavy atom. The van der Waals surface area contributed by atoms with Gasteiger partial charge in [0.15, 0.2) is 11.6 Å². The summed E-state index contributed by atoms with van der Waals surface area (Å²) in [7, 11) is 1.39. The van der Waals surface area contributed by atoms with Crippen molar-refractivity contribution in [2.45, 2.75) is 79.1 Å². The Hall–Kier alpha value is -4.07. The summed E-state index contributed by atoms with van der Waals surface area (Å²) in [6, 6.07) is 5.91. The third kappa shape index (κ3) is 4.65. The Bertz CT molecular complexity index is 1730. The molecule has 3 aromatic heterocycles. The summed E-state index contributed by atoms with van der Waals surface area (Å²) in [4.78, 5) is 55.1. The second kappa shape index (κ2) is 10.5. The molecule has 208 valence electrons. The van der Waals surface area contributed by atoms with E-state index in [0.717, 1.165) is 61.5 Å². The number of rotatable bonds is 5. The van der Waals surface area contributed by atoms with Crippen molar-refractivity contribution >= 4 is 39.6 Å². The lowest BCUT2D eigenvalue weighted by molar-refractivity contribution is -0.140. The van der Waals surface area contributed by atoms with E-state index in [0.29, 0.717) is 24.0 Å². The first-order chi connectivity index (χ1) is 19.0. The van der Waals surface area contributed by atoms with E-state index in [1.54, 1.807) is 6.92 Å². The number of aromatic amines is 2. The third-order valence-electron chi connectivity index (χ3n) is 8.38. The summed E-state index contributed by atoms with van der Waals surface area (Å²) >= 11 is 0. The maximum absolute atomic E-state index is 13.3. The molecule has 40 heavy (non-hydrogen) atoms. The highest BCUT2D eigenvalue weighted by atomic mass is 16.5. The minimum atomic E-state index is -0.271. The van der Waals surface area contributed by atoms with Crippen LogP contribution in [-0.4, -0.2) is 44.6 Å². The molecule has 0 spiro atoms. The van der Waals surface area contributed by atoms with Crippen LogP contribution in [0.2, 0.25) is 0 Å². The average Bonchev–Trinajstić information content (AvgIpc) is 3.59. The molecular weight excluding hydrogens is 504 g/mol. The maximum Gasteiger partial charge on any atom is 0.305 e. The highest BCUT2D eigenvalue weighted by Gasteiger charge is 2.35. The second-order valence-corrected chi connectivity index (χ2v) is 11.0. The number of carbonyl (C=O) groups is 3. The largest absolute Gasteiger partial charge is 0.469 e. The molecule has 8 heteroatoms. The normalized spacial score (nSPS) is 16.8. The van der Waals surface area contributed by atoms with Crippen molar-refractivity contribution in [2.24, 2.45) is 0 Å². The highest BCUT2D eigenvalue weighted by Crippen LogP contribution is 2.44. The summed E-state index contributed by atoms with van der Waals surface area (Å²) in [5, 5.41) is 0. The number of esters is 1. The minimum Gasteiger partial charge on any atom is -0.469 e. The molecule has 8 nitrogen and oxygen atoms in total. The van der Waals surface area contributed by atoms with Crippen molar-refractivity contribution in [2.75, 3.05) is 7.11 Å². The topological polar surface area (TPSA) is 118 Å². The molecule has 4 heterocycles. The van der Waals surface area contributed by atoms with E-state index >= 15 is 0 Å². The van der Waals surface area contributed by atoms with Crippen LogP contribution in [0.15, 0.2) is 18.2 Å². The summed E-state index contributed by atoms with van der Waals surface area (Å²) in [5.74, 6) is -0.302. The molecule has 1 unspecified atom stereocenters. The van der Waals surface area contributed by atoms with Crippen molar-refractivity contribution < 1.29 is 19.1 Å². The van der Waals surface area contributed by atoms with Crippen LogP contribution in [0.25, 0.3) is 22.1 Å². The van der Waals surface area contributed by atoms with Gasteiger partial charge in [0.05, 0.1) is 23.8 Å². The molecule has 0 fully saturated rings. The van der Waals surface area contributed by atoms with Crippen LogP contribution >= 0.6 is 0 Å². The van der Waals surface area contributed by atoms with Crippen LogP contribution in [0.4, 0.5) is 0 Å². The fourth-order valence-corrected chi connectivity index (χ4v) is 6.21. The number of nitrogens with one attached hydrogen (secondary N) is 2. The molecule has 0 saturated heterocycles. The number of hydrogen-bond donors (Lipinski definition) is 2. The van der Waals surface area contributed by atoms with Gasteiger partial charge >= 0.3 is 5.97 Å². The zero-order valence-corrected chi connectivity index (χ0v) is 24.2. The standard InChI is InChI=1S/C32H36N4O4/c1-8-20-12-26-29(19(6)37)17(4)25(34-26)14-24-16(3)21(9-10-28(39)40-7)31(35-24)22-13-27(38)30-18(5)23(36-32(22)30)11-15(2)33-20/h11-12,14,16,21,34,36H,8-10,13H2,1-7H3/t16-,21?/m0/s1. The molecule has 0 amide bonds. The van der Waals surface area contributed by atoms with Gasteiger partial charge in [-0.25, -0.2) is 0 Å². The molecule has 2 atom stereocenters. The SMILES string of the molecule is CCc1cc2[nH]c(cc3nc(c4c5[nH]c(cc(C)n1)c(C)c5C(=O)C4)C(CCC(=O)OC)[C@@H]3C)c(C)c2C(C)=O. The van der Waals surface area contributed by atoms with Crippen molar-refractivity contribution in [1.82, 2.24) is 19.9 Å². The van der Waals surface area contributed by atoms with E-state index in [1.165, 1.54) is 7.11 Å². The van der Waals surface area contributed by atoms with Gasteiger partial charge < -0.3 is 14.7 Å². The maximum atomic E-state index is 13.3. The minimum absolute atomic E-state index is 0.0108. The summed E-state index contributed by atoms with van der Waals surface area (Å²) < 4.78 is 4.93. The zero-order chi connectivity index (χ0) is 28.9. The number of nitrogens with zero attached hydrogens (tertiary/aromatic N) is 2. The van der Waals surface area contributed by atoms with E-state index in [2.05, 4.69) is 16.9 Å². The van der Waals surface area contributed by atoms with Crippen LogP contribution in [-0.2, 0) is 22.4 Å². The van der Waals surface area contributed by atoms with Gasteiger partial charge in [-0.3, -0.25) is 24.4 Å². The lowest BCUT2D eigenvalue weighted by atomic mass is 9.85. The van der Waals surface area contributed by atoms with Gasteiger partial charge in [0.2, 0.25) is 0 Å². The van der Waals surface area contributed by atoms with Crippen LogP contribution in [0, 0.1) is 20.8 Å². The van der Waals surface area contributed by atoms with Gasteiger partial charge in [-0.1, -0.05) is 13.8 Å². The first-order valence-corrected chi connectivity index (χ1v) is 13.9. The Kier molecular flexibility index (Phi) is 7.21. The van der Waals surface area contributed by atoms with Gasteiger partial charge in [-0.2, -0.15) is 0 Å². The van der Waals surface area contributed by atoms with Gasteiger partial charge in [0.25, 0.3) is 0 Å². The van der Waals surface area contributed by atoms with E-state index in [9.17, 15) is 14.4 Å². The van der Waals surface area contributed by atoms with E-state index in [-0.39, 0.29) is 42.2 Å². The number of ether oxygens (including phenoxy) is 1. The van der Waals surface area contributed by atoms with Crippen LogP contribution in [0.1, 0.15) is 106 Å². The number of aryl methyl sites for hydroxylation is 4. The molecule has 0 saturated carbocycles. The predicted molar refractivity (Wildman–Crippen MR) is 155 cm³/mol. The number of methoxy groups -OCH3 is 1. The quantitative estimate of drug-likeness (QED) is 0.291. The van der Waals surface area contributed by atoms with E-state index < -0.39 is 0 Å². The Balaban J connectivity index is 1.92. The van der Waals surface area contributed by atoms with Crippen LogP contribution < -0.4 is 0 Å².